The summed E-state index contributed by atoms with van der Waals surface area (Å²) in [6, 6.07) is 41.8. The van der Waals surface area contributed by atoms with Crippen molar-refractivity contribution in [3.8, 4) is 0 Å². The molecular weight excluding hydrogens is 758 g/mol. The molecule has 44 heavy (non-hydrogen) atoms. The molecular formula is C40H40Cl2HfSi. The maximum absolute atomic E-state index is 2.69. The van der Waals surface area contributed by atoms with Crippen LogP contribution >= 0.6 is 0 Å². The molecule has 0 unspecified atom stereocenters. The van der Waals surface area contributed by atoms with Gasteiger partial charge >= 0.3 is 262 Å². The number of hydrogen-bond donors (Lipinski definition) is 0. The van der Waals surface area contributed by atoms with Crippen LogP contribution in [0.15, 0.2) is 139 Å². The van der Waals surface area contributed by atoms with Crippen LogP contribution in [0.4, 0.5) is 0 Å². The van der Waals surface area contributed by atoms with Crippen LogP contribution in [0.2, 0.25) is 0 Å². The largest absolute Gasteiger partial charge is 1.00 e. The van der Waals surface area contributed by atoms with Crippen molar-refractivity contribution < 1.29 is 44.9 Å². The summed E-state index contributed by atoms with van der Waals surface area (Å²) in [5.74, 6) is 0. The van der Waals surface area contributed by atoms with Gasteiger partial charge in [-0.3, -0.25) is 0 Å². The minimum absolute atomic E-state index is 0. The van der Waals surface area contributed by atoms with Crippen LogP contribution in [0.1, 0.15) is 62.8 Å². The Labute approximate surface area is 284 Å². The Bertz CT molecular complexity index is 1630. The van der Waals surface area contributed by atoms with Gasteiger partial charge in [0.05, 0.1) is 0 Å². The standard InChI is InChI=1S/2C14H15.C12H10Si.2ClH.Hf/c2*1-3-12-7-9-13(10-8-12)14-6-4-5-11(14)2;1-3-7-11(8-4-1)13-12-9-5-2-6-10-12;;;/h2*6-10H,3-4H2,1-2H3;1-10H;2*1H;/q;;;;;+2/p-2. The Morgan fingerprint density at radius 2 is 0.886 bits per heavy atom. The summed E-state index contributed by atoms with van der Waals surface area (Å²) in [4.78, 5) is 0. The van der Waals surface area contributed by atoms with E-state index in [1.54, 1.807) is 21.5 Å². The first-order valence-electron chi connectivity index (χ1n) is 15.4. The normalized spacial score (nSPS) is 13.9. The maximum Gasteiger partial charge on any atom is -1.00 e. The Morgan fingerprint density at radius 1 is 0.523 bits per heavy atom. The van der Waals surface area contributed by atoms with E-state index < -0.39 is 25.6 Å². The third-order valence-corrected chi connectivity index (χ3v) is 36.4. The zero-order chi connectivity index (χ0) is 29.1. The molecule has 0 N–H and O–H groups in total. The van der Waals surface area contributed by atoms with E-state index in [1.165, 1.54) is 33.4 Å². The van der Waals surface area contributed by atoms with Gasteiger partial charge in [-0.05, 0) is 0 Å². The third kappa shape index (κ3) is 7.00. The molecule has 0 spiro atoms. The van der Waals surface area contributed by atoms with Crippen molar-refractivity contribution in [3.05, 3.63) is 161 Å². The second-order valence-electron chi connectivity index (χ2n) is 11.4. The molecule has 2 aliphatic carbocycles. The van der Waals surface area contributed by atoms with Crippen LogP contribution in [0.25, 0.3) is 11.1 Å². The van der Waals surface area contributed by atoms with Crippen molar-refractivity contribution in [2.45, 2.75) is 53.4 Å². The number of hydrogen-bond acceptors (Lipinski definition) is 0. The summed E-state index contributed by atoms with van der Waals surface area (Å²) in [5.41, 5.74) is 10.7. The molecule has 0 radical (unpaired) electrons. The zero-order valence-electron chi connectivity index (χ0n) is 26.1. The second kappa shape index (κ2) is 15.7. The fourth-order valence-corrected chi connectivity index (χ4v) is 37.4. The van der Waals surface area contributed by atoms with Crippen LogP contribution < -0.4 is 35.2 Å². The van der Waals surface area contributed by atoms with Gasteiger partial charge < -0.3 is 24.8 Å². The van der Waals surface area contributed by atoms with Crippen molar-refractivity contribution in [2.24, 2.45) is 0 Å². The number of halogens is 2. The molecule has 4 aromatic rings. The SMILES string of the molecule is CCc1ccc(C2=CC[C]([Hf+2]([C]3=C(C)C(c4ccc(CC)cc4)=CC3)=[Si](c3ccccc3)c3ccccc3)=C2C)cc1.[Cl-].[Cl-]. The van der Waals surface area contributed by atoms with Gasteiger partial charge in [0.2, 0.25) is 0 Å². The number of rotatable bonds is 8. The van der Waals surface area contributed by atoms with Crippen molar-refractivity contribution in [1.82, 2.24) is 0 Å². The van der Waals surface area contributed by atoms with E-state index in [4.69, 9.17) is 0 Å². The van der Waals surface area contributed by atoms with E-state index in [2.05, 4.69) is 149 Å². The van der Waals surface area contributed by atoms with Gasteiger partial charge in [-0.15, -0.1) is 0 Å². The van der Waals surface area contributed by atoms with Crippen LogP contribution in [-0.4, -0.2) is 5.49 Å². The van der Waals surface area contributed by atoms with Crippen LogP contribution in [0.5, 0.6) is 0 Å². The average molecular weight is 798 g/mol. The predicted molar refractivity (Wildman–Crippen MR) is 180 cm³/mol. The molecule has 0 heterocycles. The molecule has 2 aliphatic rings. The molecule has 0 amide bonds. The smallest absolute Gasteiger partial charge is 1.00 e. The van der Waals surface area contributed by atoms with Crippen molar-refractivity contribution in [2.75, 3.05) is 0 Å². The summed E-state index contributed by atoms with van der Waals surface area (Å²) in [6.45, 7) is 9.34. The Morgan fingerprint density at radius 3 is 1.23 bits per heavy atom. The molecule has 4 heteroatoms. The Kier molecular flexibility index (Phi) is 12.2. The monoisotopic (exact) mass is 798 g/mol. The Hall–Kier alpha value is -2.49. The molecule has 222 valence electrons. The van der Waals surface area contributed by atoms with Crippen molar-refractivity contribution in [3.63, 3.8) is 0 Å². The molecule has 0 saturated carbocycles. The van der Waals surface area contributed by atoms with E-state index in [0.29, 0.717) is 0 Å². The van der Waals surface area contributed by atoms with E-state index >= 15 is 0 Å². The minimum Gasteiger partial charge on any atom is -1.00 e. The van der Waals surface area contributed by atoms with E-state index in [9.17, 15) is 0 Å². The summed E-state index contributed by atoms with van der Waals surface area (Å²) >= 11 is -2.69. The minimum atomic E-state index is -2.69. The molecule has 6 rings (SSSR count). The molecule has 0 aromatic heterocycles. The van der Waals surface area contributed by atoms with Crippen molar-refractivity contribution in [1.29, 1.82) is 0 Å². The average Bonchev–Trinajstić information content (AvgIpc) is 3.62. The molecule has 0 fully saturated rings. The van der Waals surface area contributed by atoms with Gasteiger partial charge in [0, 0.05) is 0 Å². The molecule has 0 atom stereocenters. The van der Waals surface area contributed by atoms with Gasteiger partial charge in [0.1, 0.15) is 0 Å². The first-order chi connectivity index (χ1) is 20.6. The zero-order valence-corrected chi connectivity index (χ0v) is 32.2. The van der Waals surface area contributed by atoms with E-state index in [0.717, 1.165) is 25.7 Å². The topological polar surface area (TPSA) is 0 Å². The van der Waals surface area contributed by atoms with Gasteiger partial charge in [-0.1, -0.05) is 0 Å². The van der Waals surface area contributed by atoms with Crippen LogP contribution in [-0.2, 0) is 32.9 Å². The summed E-state index contributed by atoms with van der Waals surface area (Å²) in [6.07, 6.45) is 9.50. The first kappa shape index (κ1) is 34.4. The molecule has 0 saturated heterocycles. The number of benzene rings is 4. The predicted octanol–water partition coefficient (Wildman–Crippen LogP) is 3.07. The van der Waals surface area contributed by atoms with E-state index in [-0.39, 0.29) is 24.8 Å². The molecule has 4 aromatic carbocycles. The fourth-order valence-electron chi connectivity index (χ4n) is 6.58. The van der Waals surface area contributed by atoms with Gasteiger partial charge in [-0.25, -0.2) is 0 Å². The fraction of sp³-hybridized carbons (Fsp3) is 0.200. The van der Waals surface area contributed by atoms with Gasteiger partial charge in [0.25, 0.3) is 0 Å². The van der Waals surface area contributed by atoms with E-state index in [1.807, 2.05) is 6.66 Å². The molecule has 0 aliphatic heterocycles. The van der Waals surface area contributed by atoms with Crippen LogP contribution in [0, 0.1) is 0 Å². The Balaban J connectivity index is 0.00000221. The number of aryl methyl sites for hydroxylation is 2. The third-order valence-electron chi connectivity index (χ3n) is 9.06. The summed E-state index contributed by atoms with van der Waals surface area (Å²) in [7, 11) is 0. The van der Waals surface area contributed by atoms with Gasteiger partial charge in [-0.2, -0.15) is 0 Å². The summed E-state index contributed by atoms with van der Waals surface area (Å²) < 4.78 is 3.64. The van der Waals surface area contributed by atoms with Gasteiger partial charge in [0.15, 0.2) is 0 Å². The quantitative estimate of drug-likeness (QED) is 0.241. The number of allylic oxidation sites excluding steroid dienone is 8. The second-order valence-corrected chi connectivity index (χ2v) is 29.9. The summed E-state index contributed by atoms with van der Waals surface area (Å²) in [5, 5.41) is 3.16. The van der Waals surface area contributed by atoms with Crippen molar-refractivity contribution >= 4 is 27.0 Å². The maximum atomic E-state index is 2.55. The molecule has 0 nitrogen and oxygen atoms in total. The van der Waals surface area contributed by atoms with Crippen LogP contribution in [0.3, 0.4) is 0 Å². The first-order valence-corrected chi connectivity index (χ1v) is 25.9. The molecule has 0 bridgehead atoms.